The second-order valence-corrected chi connectivity index (χ2v) is 6.78. The molecule has 3 rings (SSSR count). The zero-order valence-corrected chi connectivity index (χ0v) is 15.8. The van der Waals surface area contributed by atoms with Gasteiger partial charge in [-0.3, -0.25) is 4.79 Å². The molecule has 0 aliphatic carbocycles. The molecule has 0 unspecified atom stereocenters. The van der Waals surface area contributed by atoms with Crippen molar-refractivity contribution in [3.63, 3.8) is 0 Å². The van der Waals surface area contributed by atoms with Gasteiger partial charge in [0.1, 0.15) is 11.3 Å². The number of methoxy groups -OCH3 is 1. The summed E-state index contributed by atoms with van der Waals surface area (Å²) in [5.74, 6) is -1.22. The number of benzene rings is 3. The molecular formula is C21H18N2O4S. The molecule has 7 heteroatoms. The van der Waals surface area contributed by atoms with Crippen molar-refractivity contribution < 1.29 is 19.4 Å². The summed E-state index contributed by atoms with van der Waals surface area (Å²) in [7, 11) is 1.26. The molecule has 0 aliphatic heterocycles. The van der Waals surface area contributed by atoms with E-state index < -0.39 is 11.9 Å². The molecule has 0 fully saturated rings. The molecule has 0 aromatic heterocycles. The summed E-state index contributed by atoms with van der Waals surface area (Å²) in [5.41, 5.74) is 8.38. The van der Waals surface area contributed by atoms with Crippen LogP contribution in [0.3, 0.4) is 0 Å². The molecule has 4 N–H and O–H groups in total. The minimum absolute atomic E-state index is 0.106. The molecule has 0 atom stereocenters. The minimum atomic E-state index is -0.595. The Labute approximate surface area is 166 Å². The van der Waals surface area contributed by atoms with Crippen molar-refractivity contribution in [3.8, 4) is 16.9 Å². The third kappa shape index (κ3) is 4.44. The fraction of sp³-hybridized carbons (Fsp3) is 0.0476. The Hall–Kier alpha value is -3.45. The standard InChI is InChI=1S/C21H18N2O4S/c1-27-21(26)18-9-8-16(12-19(18)24)23-28-17-7-3-5-14(11-17)13-4-2-6-15(10-13)20(22)25/h2-12,23-24H,1H3,(H2,22,25). The largest absolute Gasteiger partial charge is 0.507 e. The van der Waals surface area contributed by atoms with Crippen LogP contribution < -0.4 is 10.5 Å². The minimum Gasteiger partial charge on any atom is -0.507 e. The number of aromatic hydroxyl groups is 1. The van der Waals surface area contributed by atoms with E-state index in [1.807, 2.05) is 30.3 Å². The number of hydrogen-bond acceptors (Lipinski definition) is 6. The number of carbonyl (C=O) groups excluding carboxylic acids is 2. The van der Waals surface area contributed by atoms with Gasteiger partial charge in [-0.05, 0) is 59.5 Å². The maximum absolute atomic E-state index is 11.5. The van der Waals surface area contributed by atoms with Crippen molar-refractivity contribution in [1.29, 1.82) is 0 Å². The topological polar surface area (TPSA) is 102 Å². The second-order valence-electron chi connectivity index (χ2n) is 5.90. The number of nitrogens with two attached hydrogens (primary N) is 1. The van der Waals surface area contributed by atoms with Crippen molar-refractivity contribution in [2.75, 3.05) is 11.8 Å². The SMILES string of the molecule is COC(=O)c1ccc(NSc2cccc(-c3cccc(C(N)=O)c3)c2)cc1O. The lowest BCUT2D eigenvalue weighted by Gasteiger charge is -2.09. The number of phenolic OH excluding ortho intramolecular Hbond substituents is 1. The molecule has 6 nitrogen and oxygen atoms in total. The fourth-order valence-electron chi connectivity index (χ4n) is 2.59. The molecule has 28 heavy (non-hydrogen) atoms. The van der Waals surface area contributed by atoms with Gasteiger partial charge in [0.2, 0.25) is 5.91 Å². The van der Waals surface area contributed by atoms with Crippen LogP contribution in [-0.4, -0.2) is 24.1 Å². The molecule has 1 amide bonds. The van der Waals surface area contributed by atoms with Crippen LogP contribution in [0, 0.1) is 0 Å². The number of carbonyl (C=O) groups is 2. The van der Waals surface area contributed by atoms with E-state index in [0.717, 1.165) is 16.0 Å². The Morgan fingerprint density at radius 2 is 1.71 bits per heavy atom. The first-order valence-electron chi connectivity index (χ1n) is 8.32. The first-order valence-corrected chi connectivity index (χ1v) is 9.14. The van der Waals surface area contributed by atoms with Gasteiger partial charge >= 0.3 is 5.97 Å². The third-order valence-corrected chi connectivity index (χ3v) is 4.83. The maximum atomic E-state index is 11.5. The lowest BCUT2D eigenvalue weighted by atomic mass is 10.0. The zero-order chi connectivity index (χ0) is 20.1. The first-order chi connectivity index (χ1) is 13.5. The number of primary amides is 1. The highest BCUT2D eigenvalue weighted by Gasteiger charge is 2.11. The smallest absolute Gasteiger partial charge is 0.341 e. The average molecular weight is 394 g/mol. The molecule has 0 saturated carbocycles. The fourth-order valence-corrected chi connectivity index (χ4v) is 3.28. The Balaban J connectivity index is 1.75. The highest BCUT2D eigenvalue weighted by Crippen LogP contribution is 2.29. The molecule has 0 saturated heterocycles. The van der Waals surface area contributed by atoms with Crippen LogP contribution in [0.25, 0.3) is 11.1 Å². The van der Waals surface area contributed by atoms with Gasteiger partial charge in [0.25, 0.3) is 0 Å². The summed E-state index contributed by atoms with van der Waals surface area (Å²) in [6.45, 7) is 0. The van der Waals surface area contributed by atoms with E-state index >= 15 is 0 Å². The second kappa shape index (κ2) is 8.49. The van der Waals surface area contributed by atoms with Gasteiger partial charge < -0.3 is 20.3 Å². The van der Waals surface area contributed by atoms with E-state index in [1.54, 1.807) is 24.3 Å². The van der Waals surface area contributed by atoms with Crippen LogP contribution >= 0.6 is 11.9 Å². The molecule has 0 heterocycles. The average Bonchev–Trinajstić information content (AvgIpc) is 2.72. The van der Waals surface area contributed by atoms with E-state index in [9.17, 15) is 14.7 Å². The van der Waals surface area contributed by atoms with Gasteiger partial charge in [0.05, 0.1) is 7.11 Å². The highest BCUT2D eigenvalue weighted by atomic mass is 32.2. The van der Waals surface area contributed by atoms with Crippen molar-refractivity contribution in [2.45, 2.75) is 4.90 Å². The molecule has 0 aliphatic rings. The summed E-state index contributed by atoms with van der Waals surface area (Å²) < 4.78 is 7.74. The monoisotopic (exact) mass is 394 g/mol. The Bertz CT molecular complexity index is 1040. The van der Waals surface area contributed by atoms with Gasteiger partial charge in [0.15, 0.2) is 0 Å². The number of amides is 1. The van der Waals surface area contributed by atoms with Gasteiger partial charge in [-0.1, -0.05) is 24.3 Å². The van der Waals surface area contributed by atoms with E-state index in [4.69, 9.17) is 5.73 Å². The zero-order valence-electron chi connectivity index (χ0n) is 15.0. The molecule has 3 aromatic rings. The van der Waals surface area contributed by atoms with Crippen molar-refractivity contribution in [2.24, 2.45) is 5.73 Å². The van der Waals surface area contributed by atoms with Crippen LogP contribution in [0.15, 0.2) is 71.6 Å². The van der Waals surface area contributed by atoms with Crippen molar-refractivity contribution in [3.05, 3.63) is 77.9 Å². The normalized spacial score (nSPS) is 10.3. The predicted octanol–water partition coefficient (Wildman–Crippen LogP) is 4.06. The molecular weight excluding hydrogens is 376 g/mol. The summed E-state index contributed by atoms with van der Waals surface area (Å²) in [4.78, 5) is 23.8. The van der Waals surface area contributed by atoms with E-state index in [1.165, 1.54) is 31.2 Å². The van der Waals surface area contributed by atoms with E-state index in [0.29, 0.717) is 11.3 Å². The van der Waals surface area contributed by atoms with Gasteiger partial charge in [-0.25, -0.2) is 4.79 Å². The number of esters is 1. The Morgan fingerprint density at radius 3 is 2.39 bits per heavy atom. The van der Waals surface area contributed by atoms with E-state index in [2.05, 4.69) is 9.46 Å². The lowest BCUT2D eigenvalue weighted by molar-refractivity contribution is 0.0597. The summed E-state index contributed by atoms with van der Waals surface area (Å²) >= 11 is 1.35. The predicted molar refractivity (Wildman–Crippen MR) is 109 cm³/mol. The molecule has 3 aromatic carbocycles. The molecule has 0 radical (unpaired) electrons. The third-order valence-electron chi connectivity index (χ3n) is 4.00. The maximum Gasteiger partial charge on any atom is 0.341 e. The van der Waals surface area contributed by atoms with Gasteiger partial charge in [-0.15, -0.1) is 0 Å². The number of nitrogens with one attached hydrogen (secondary N) is 1. The number of phenols is 1. The molecule has 0 spiro atoms. The van der Waals surface area contributed by atoms with Gasteiger partial charge in [-0.2, -0.15) is 0 Å². The van der Waals surface area contributed by atoms with Gasteiger partial charge in [0, 0.05) is 22.2 Å². The van der Waals surface area contributed by atoms with Crippen LogP contribution in [0.5, 0.6) is 5.75 Å². The van der Waals surface area contributed by atoms with Crippen molar-refractivity contribution >= 4 is 29.5 Å². The Kier molecular flexibility index (Phi) is 5.86. The molecule has 0 bridgehead atoms. The van der Waals surface area contributed by atoms with Crippen molar-refractivity contribution in [1.82, 2.24) is 0 Å². The lowest BCUT2D eigenvalue weighted by Crippen LogP contribution is -2.10. The summed E-state index contributed by atoms with van der Waals surface area (Å²) in [6.07, 6.45) is 0. The number of hydrogen-bond donors (Lipinski definition) is 3. The summed E-state index contributed by atoms with van der Waals surface area (Å²) in [5, 5.41) is 9.97. The van der Waals surface area contributed by atoms with Crippen LogP contribution in [0.1, 0.15) is 20.7 Å². The number of rotatable bonds is 6. The van der Waals surface area contributed by atoms with Crippen LogP contribution in [0.4, 0.5) is 5.69 Å². The van der Waals surface area contributed by atoms with Crippen LogP contribution in [0.2, 0.25) is 0 Å². The molecule has 142 valence electrons. The van der Waals surface area contributed by atoms with E-state index in [-0.39, 0.29) is 11.3 Å². The Morgan fingerprint density at radius 1 is 1.00 bits per heavy atom. The number of ether oxygens (including phenoxy) is 1. The number of anilines is 1. The van der Waals surface area contributed by atoms with Crippen LogP contribution in [-0.2, 0) is 4.74 Å². The highest BCUT2D eigenvalue weighted by molar-refractivity contribution is 8.00. The first kappa shape index (κ1) is 19.3. The quantitative estimate of drug-likeness (QED) is 0.430. The summed E-state index contributed by atoms with van der Waals surface area (Å²) in [6, 6.07) is 19.5.